The van der Waals surface area contributed by atoms with E-state index >= 15 is 0 Å². The van der Waals surface area contributed by atoms with E-state index in [1.54, 1.807) is 48.7 Å². The Kier molecular flexibility index (Phi) is 5.33. The van der Waals surface area contributed by atoms with Crippen LogP contribution in [0.2, 0.25) is 0 Å². The Morgan fingerprint density at radius 1 is 1.10 bits per heavy atom. The molecule has 0 aliphatic rings. The SMILES string of the molecule is CC(=O)c1ccc(-c2ccc(C(=O)OCc3cc(=O)n4cc(Br)ccc4n3)o2)cc1. The fraction of sp³-hybridized carbons (Fsp3) is 0.0909. The lowest BCUT2D eigenvalue weighted by molar-refractivity contribution is 0.0432. The number of aromatic nitrogens is 2. The van der Waals surface area contributed by atoms with Gasteiger partial charge in [-0.25, -0.2) is 9.78 Å². The molecule has 0 unspecified atom stereocenters. The van der Waals surface area contributed by atoms with Crippen LogP contribution in [0.5, 0.6) is 0 Å². The molecule has 3 heterocycles. The van der Waals surface area contributed by atoms with Gasteiger partial charge in [-0.1, -0.05) is 24.3 Å². The van der Waals surface area contributed by atoms with Gasteiger partial charge in [0.1, 0.15) is 18.0 Å². The lowest BCUT2D eigenvalue weighted by Crippen LogP contribution is -2.16. The van der Waals surface area contributed by atoms with Crippen LogP contribution < -0.4 is 5.56 Å². The highest BCUT2D eigenvalue weighted by atomic mass is 79.9. The fourth-order valence-corrected chi connectivity index (χ4v) is 3.22. The van der Waals surface area contributed by atoms with Gasteiger partial charge in [-0.15, -0.1) is 0 Å². The number of fused-ring (bicyclic) bond motifs is 1. The highest BCUT2D eigenvalue weighted by molar-refractivity contribution is 9.10. The van der Waals surface area contributed by atoms with Crippen LogP contribution >= 0.6 is 15.9 Å². The summed E-state index contributed by atoms with van der Waals surface area (Å²) in [5.74, 6) is -0.189. The van der Waals surface area contributed by atoms with Crippen LogP contribution in [-0.4, -0.2) is 21.1 Å². The predicted octanol–water partition coefficient (Wildman–Crippen LogP) is 4.28. The van der Waals surface area contributed by atoms with E-state index in [-0.39, 0.29) is 23.7 Å². The monoisotopic (exact) mass is 466 g/mol. The van der Waals surface area contributed by atoms with Gasteiger partial charge in [-0.05, 0) is 47.1 Å². The molecule has 3 aromatic heterocycles. The Morgan fingerprint density at radius 2 is 1.87 bits per heavy atom. The van der Waals surface area contributed by atoms with Gasteiger partial charge in [-0.2, -0.15) is 0 Å². The maximum atomic E-state index is 12.3. The molecule has 4 aromatic rings. The zero-order chi connectivity index (χ0) is 21.3. The molecule has 0 aliphatic heterocycles. The molecule has 0 atom stereocenters. The minimum Gasteiger partial charge on any atom is -0.453 e. The van der Waals surface area contributed by atoms with Gasteiger partial charge >= 0.3 is 5.97 Å². The molecule has 0 radical (unpaired) electrons. The van der Waals surface area contributed by atoms with Crippen molar-refractivity contribution in [1.82, 2.24) is 9.38 Å². The van der Waals surface area contributed by atoms with Crippen LogP contribution in [0.15, 0.2) is 74.5 Å². The Hall–Kier alpha value is -3.52. The Labute approximate surface area is 179 Å². The molecule has 0 saturated heterocycles. The van der Waals surface area contributed by atoms with Crippen LogP contribution in [0.1, 0.15) is 33.5 Å². The Morgan fingerprint density at radius 3 is 2.60 bits per heavy atom. The quantitative estimate of drug-likeness (QED) is 0.322. The number of furan rings is 1. The molecule has 4 rings (SSSR count). The van der Waals surface area contributed by atoms with E-state index in [4.69, 9.17) is 9.15 Å². The highest BCUT2D eigenvalue weighted by Crippen LogP contribution is 2.23. The van der Waals surface area contributed by atoms with Crippen molar-refractivity contribution in [2.24, 2.45) is 0 Å². The summed E-state index contributed by atoms with van der Waals surface area (Å²) in [6.07, 6.45) is 1.62. The van der Waals surface area contributed by atoms with Gasteiger partial charge in [0, 0.05) is 27.9 Å². The third-order valence-electron chi connectivity index (χ3n) is 4.41. The maximum absolute atomic E-state index is 12.3. The molecule has 1 aromatic carbocycles. The number of carbonyl (C=O) groups excluding carboxylic acids is 2. The first-order chi connectivity index (χ1) is 14.4. The molecule has 0 bridgehead atoms. The lowest BCUT2D eigenvalue weighted by atomic mass is 10.1. The van der Waals surface area contributed by atoms with E-state index in [1.165, 1.54) is 23.5 Å². The van der Waals surface area contributed by atoms with Crippen LogP contribution in [0.4, 0.5) is 0 Å². The van der Waals surface area contributed by atoms with Crippen molar-refractivity contribution in [2.45, 2.75) is 13.5 Å². The molecule has 0 saturated carbocycles. The normalized spacial score (nSPS) is 10.9. The number of pyridine rings is 1. The Bertz CT molecular complexity index is 1320. The van der Waals surface area contributed by atoms with Crippen molar-refractivity contribution in [2.75, 3.05) is 0 Å². The molecule has 30 heavy (non-hydrogen) atoms. The molecule has 150 valence electrons. The minimum atomic E-state index is -0.667. The number of esters is 1. The first-order valence-electron chi connectivity index (χ1n) is 8.97. The van der Waals surface area contributed by atoms with E-state index in [1.807, 2.05) is 0 Å². The Balaban J connectivity index is 1.47. The second-order valence-electron chi connectivity index (χ2n) is 6.53. The van der Waals surface area contributed by atoms with Gasteiger partial charge < -0.3 is 9.15 Å². The average molecular weight is 467 g/mol. The number of benzene rings is 1. The highest BCUT2D eigenvalue weighted by Gasteiger charge is 2.15. The van der Waals surface area contributed by atoms with Crippen molar-refractivity contribution in [1.29, 1.82) is 0 Å². The van der Waals surface area contributed by atoms with E-state index in [0.29, 0.717) is 22.7 Å². The molecule has 0 spiro atoms. The van der Waals surface area contributed by atoms with Crippen LogP contribution in [0, 0.1) is 0 Å². The summed E-state index contributed by atoms with van der Waals surface area (Å²) in [5.41, 5.74) is 1.83. The topological polar surface area (TPSA) is 90.9 Å². The molecule has 0 aliphatic carbocycles. The number of ketones is 1. The zero-order valence-corrected chi connectivity index (χ0v) is 17.4. The van der Waals surface area contributed by atoms with Crippen molar-refractivity contribution in [3.63, 3.8) is 0 Å². The third kappa shape index (κ3) is 4.08. The largest absolute Gasteiger partial charge is 0.453 e. The number of nitrogens with zero attached hydrogens (tertiary/aromatic N) is 2. The van der Waals surface area contributed by atoms with Gasteiger partial charge in [0.05, 0.1) is 5.69 Å². The van der Waals surface area contributed by atoms with E-state index in [2.05, 4.69) is 20.9 Å². The maximum Gasteiger partial charge on any atom is 0.374 e. The van der Waals surface area contributed by atoms with Gasteiger partial charge in [0.2, 0.25) is 5.76 Å². The number of hydrogen-bond donors (Lipinski definition) is 0. The fourth-order valence-electron chi connectivity index (χ4n) is 2.88. The van der Waals surface area contributed by atoms with E-state index < -0.39 is 5.97 Å². The summed E-state index contributed by atoms with van der Waals surface area (Å²) in [7, 11) is 0. The molecule has 8 heteroatoms. The number of rotatable bonds is 5. The lowest BCUT2D eigenvalue weighted by Gasteiger charge is -2.05. The number of Topliss-reactive ketones (excluding diaryl/α,β-unsaturated/α-hetero) is 1. The smallest absolute Gasteiger partial charge is 0.374 e. The summed E-state index contributed by atoms with van der Waals surface area (Å²) in [6.45, 7) is 1.33. The number of halogens is 1. The predicted molar refractivity (Wildman–Crippen MR) is 112 cm³/mol. The van der Waals surface area contributed by atoms with Crippen LogP contribution in [-0.2, 0) is 11.3 Å². The van der Waals surface area contributed by atoms with Crippen molar-refractivity contribution in [3.05, 3.63) is 92.6 Å². The van der Waals surface area contributed by atoms with E-state index in [0.717, 1.165) is 10.0 Å². The summed E-state index contributed by atoms with van der Waals surface area (Å²) in [5, 5.41) is 0. The van der Waals surface area contributed by atoms with Crippen molar-refractivity contribution >= 4 is 33.3 Å². The molecule has 7 nitrogen and oxygen atoms in total. The second kappa shape index (κ2) is 8.08. The summed E-state index contributed by atoms with van der Waals surface area (Å²) in [6, 6.07) is 14.8. The van der Waals surface area contributed by atoms with E-state index in [9.17, 15) is 14.4 Å². The third-order valence-corrected chi connectivity index (χ3v) is 4.88. The van der Waals surface area contributed by atoms with Gasteiger partial charge in [0.25, 0.3) is 5.56 Å². The molecular formula is C22H15BrN2O5. The second-order valence-corrected chi connectivity index (χ2v) is 7.45. The molecule has 0 N–H and O–H groups in total. The zero-order valence-electron chi connectivity index (χ0n) is 15.8. The van der Waals surface area contributed by atoms with Crippen LogP contribution in [0.25, 0.3) is 17.0 Å². The summed E-state index contributed by atoms with van der Waals surface area (Å²) >= 11 is 3.31. The first kappa shape index (κ1) is 19.8. The number of carbonyl (C=O) groups is 2. The van der Waals surface area contributed by atoms with Gasteiger partial charge in [-0.3, -0.25) is 14.0 Å². The average Bonchev–Trinajstić information content (AvgIpc) is 3.23. The first-order valence-corrected chi connectivity index (χ1v) is 9.76. The molecular weight excluding hydrogens is 452 g/mol. The minimum absolute atomic E-state index is 0.0279. The summed E-state index contributed by atoms with van der Waals surface area (Å²) < 4.78 is 13.0. The molecule has 0 fully saturated rings. The standard InChI is InChI=1S/C22H15BrN2O5/c1-13(26)14-2-4-15(5-3-14)18-7-8-19(30-18)22(28)29-12-17-10-21(27)25-11-16(23)6-9-20(25)24-17/h2-11H,12H2,1H3. The molecule has 0 amide bonds. The van der Waals surface area contributed by atoms with Crippen molar-refractivity contribution in [3.8, 4) is 11.3 Å². The number of ether oxygens (including phenoxy) is 1. The summed E-state index contributed by atoms with van der Waals surface area (Å²) in [4.78, 5) is 40.2. The van der Waals surface area contributed by atoms with Gasteiger partial charge in [0.15, 0.2) is 5.78 Å². The van der Waals surface area contributed by atoms with Crippen molar-refractivity contribution < 1.29 is 18.7 Å². The van der Waals surface area contributed by atoms with Crippen LogP contribution in [0.3, 0.4) is 0 Å². The number of hydrogen-bond acceptors (Lipinski definition) is 6.